The zero-order valence-electron chi connectivity index (χ0n) is 45.0. The van der Waals surface area contributed by atoms with Crippen molar-refractivity contribution in [2.45, 2.75) is 256 Å². The molecule has 0 aromatic heterocycles. The lowest BCUT2D eigenvalue weighted by Crippen LogP contribution is -2.68. The van der Waals surface area contributed by atoms with Gasteiger partial charge in [0.05, 0.1) is 55.4 Å². The fourth-order valence-corrected chi connectivity index (χ4v) is 20.6. The van der Waals surface area contributed by atoms with Crippen LogP contribution in [0.2, 0.25) is 52.9 Å². The van der Waals surface area contributed by atoms with Gasteiger partial charge in [-0.05, 0) is 117 Å². The van der Waals surface area contributed by atoms with Crippen molar-refractivity contribution < 1.29 is 37.0 Å². The molecule has 2 saturated heterocycles. The van der Waals surface area contributed by atoms with Crippen molar-refractivity contribution in [1.29, 1.82) is 0 Å². The van der Waals surface area contributed by atoms with Crippen LogP contribution in [-0.4, -0.2) is 85.2 Å². The van der Waals surface area contributed by atoms with Crippen LogP contribution in [0.5, 0.6) is 0 Å². The van der Waals surface area contributed by atoms with Crippen LogP contribution in [0.15, 0.2) is 60.7 Å². The molecular formula is C55H96O8Si3. The first kappa shape index (κ1) is 57.1. The van der Waals surface area contributed by atoms with Crippen LogP contribution < -0.4 is 0 Å². The van der Waals surface area contributed by atoms with E-state index in [2.05, 4.69) is 172 Å². The van der Waals surface area contributed by atoms with Crippen LogP contribution in [0.1, 0.15) is 160 Å². The Hall–Kier alpha value is -1.52. The summed E-state index contributed by atoms with van der Waals surface area (Å²) in [6, 6.07) is 24.0. The van der Waals surface area contributed by atoms with Gasteiger partial charge < -0.3 is 32.2 Å². The van der Waals surface area contributed by atoms with E-state index < -0.39 is 41.8 Å². The third kappa shape index (κ3) is 13.9. The van der Waals surface area contributed by atoms with E-state index in [9.17, 15) is 4.79 Å². The summed E-state index contributed by atoms with van der Waals surface area (Å²) in [5.74, 6) is 0.122. The van der Waals surface area contributed by atoms with Gasteiger partial charge in [0.15, 0.2) is 22.4 Å². The van der Waals surface area contributed by atoms with Gasteiger partial charge in [0.25, 0.3) is 0 Å². The van der Waals surface area contributed by atoms with E-state index in [-0.39, 0.29) is 41.8 Å². The minimum atomic E-state index is -2.42. The maximum absolute atomic E-state index is 13.8. The SMILES string of the molecule is CC[Si](CC)(CC)O[C@H]1CC[C@H]2O[C@@](C)([C@H](CCCOCc3ccccc3)O[Si](C(C)C)(C(C)C)C(C)C)[C@H](OCc3ccccc3)C[C@]2(C)O[C@]1(C)CCC(=O)CO[Si](C)(C)C(C)(C)C. The van der Waals surface area contributed by atoms with Crippen LogP contribution in [0, 0.1) is 0 Å². The third-order valence-corrected chi connectivity index (χ3v) is 31.9. The van der Waals surface area contributed by atoms with Crippen molar-refractivity contribution in [3.63, 3.8) is 0 Å². The van der Waals surface area contributed by atoms with Gasteiger partial charge in [-0.15, -0.1) is 0 Å². The Morgan fingerprint density at radius 3 is 1.85 bits per heavy atom. The highest BCUT2D eigenvalue weighted by Gasteiger charge is 2.62. The van der Waals surface area contributed by atoms with Crippen molar-refractivity contribution in [3.8, 4) is 0 Å². The second-order valence-corrected chi connectivity index (χ2v) is 38.1. The van der Waals surface area contributed by atoms with E-state index in [1.165, 1.54) is 5.56 Å². The smallest absolute Gasteiger partial charge is 0.200 e. The average molecular weight is 970 g/mol. The Labute approximate surface area is 407 Å². The predicted molar refractivity (Wildman–Crippen MR) is 281 cm³/mol. The second-order valence-electron chi connectivity index (χ2n) is 23.1. The van der Waals surface area contributed by atoms with E-state index in [1.807, 2.05) is 6.07 Å². The fraction of sp³-hybridized carbons (Fsp3) is 0.764. The van der Waals surface area contributed by atoms with Crippen molar-refractivity contribution >= 4 is 30.7 Å². The summed E-state index contributed by atoms with van der Waals surface area (Å²) in [5, 5.41) is 0.0253. The second kappa shape index (κ2) is 24.1. The molecule has 2 aliphatic rings. The molecule has 0 amide bonds. The highest BCUT2D eigenvalue weighted by Crippen LogP contribution is 2.52. The predicted octanol–water partition coefficient (Wildman–Crippen LogP) is 14.8. The van der Waals surface area contributed by atoms with Crippen molar-refractivity contribution in [2.75, 3.05) is 13.2 Å². The molecule has 0 saturated carbocycles. The molecule has 0 spiro atoms. The number of ketones is 1. The summed E-state index contributed by atoms with van der Waals surface area (Å²) in [4.78, 5) is 13.8. The monoisotopic (exact) mass is 969 g/mol. The van der Waals surface area contributed by atoms with Gasteiger partial charge in [0.1, 0.15) is 5.60 Å². The molecule has 2 aromatic carbocycles. The van der Waals surface area contributed by atoms with Crippen LogP contribution in [-0.2, 0) is 50.2 Å². The molecule has 7 atom stereocenters. The van der Waals surface area contributed by atoms with Gasteiger partial charge in [-0.25, -0.2) is 0 Å². The number of ether oxygens (including phenoxy) is 4. The highest BCUT2D eigenvalue weighted by atomic mass is 28.4. The maximum atomic E-state index is 13.8. The number of Topliss-reactive ketones (excluding diaryl/α,β-unsaturated/α-hetero) is 1. The summed E-state index contributed by atoms with van der Waals surface area (Å²) >= 11 is 0. The molecule has 376 valence electrons. The summed E-state index contributed by atoms with van der Waals surface area (Å²) < 4.78 is 51.0. The highest BCUT2D eigenvalue weighted by molar-refractivity contribution is 6.77. The van der Waals surface area contributed by atoms with Gasteiger partial charge in [0.2, 0.25) is 8.32 Å². The number of fused-ring (bicyclic) bond motifs is 1. The third-order valence-electron chi connectivity index (χ3n) is 16.6. The maximum Gasteiger partial charge on any atom is 0.200 e. The van der Waals surface area contributed by atoms with Crippen LogP contribution in [0.4, 0.5) is 0 Å². The van der Waals surface area contributed by atoms with E-state index in [4.69, 9.17) is 32.2 Å². The lowest BCUT2D eigenvalue weighted by molar-refractivity contribution is -0.313. The van der Waals surface area contributed by atoms with Crippen molar-refractivity contribution in [3.05, 3.63) is 71.8 Å². The van der Waals surface area contributed by atoms with Crippen LogP contribution in [0.25, 0.3) is 0 Å². The normalized spacial score (nSPS) is 26.2. The zero-order chi connectivity index (χ0) is 49.2. The first-order chi connectivity index (χ1) is 30.9. The number of rotatable bonds is 26. The quantitative estimate of drug-likeness (QED) is 0.0681. The number of hydrogen-bond acceptors (Lipinski definition) is 8. The van der Waals surface area contributed by atoms with Gasteiger partial charge in [-0.2, -0.15) is 0 Å². The summed E-state index contributed by atoms with van der Waals surface area (Å²) in [7, 11) is -6.61. The van der Waals surface area contributed by atoms with E-state index in [0.29, 0.717) is 55.7 Å². The molecule has 0 N–H and O–H groups in total. The number of benzene rings is 2. The molecular weight excluding hydrogens is 873 g/mol. The first-order valence-corrected chi connectivity index (χ1v) is 33.6. The Balaban J connectivity index is 1.78. The molecule has 0 unspecified atom stereocenters. The lowest BCUT2D eigenvalue weighted by atomic mass is 9.76. The molecule has 4 rings (SSSR count). The van der Waals surface area contributed by atoms with Gasteiger partial charge in [-0.3, -0.25) is 4.79 Å². The van der Waals surface area contributed by atoms with Crippen LogP contribution in [0.3, 0.4) is 0 Å². The number of hydrogen-bond donors (Lipinski definition) is 0. The summed E-state index contributed by atoms with van der Waals surface area (Å²) in [6.45, 7) is 40.7. The Morgan fingerprint density at radius 1 is 0.788 bits per heavy atom. The first-order valence-electron chi connectivity index (χ1n) is 26.0. The molecule has 2 heterocycles. The molecule has 11 heteroatoms. The Kier molecular flexibility index (Phi) is 20.8. The molecule has 2 aliphatic heterocycles. The Morgan fingerprint density at radius 2 is 1.33 bits per heavy atom. The van der Waals surface area contributed by atoms with E-state index >= 15 is 0 Å². The number of carbonyl (C=O) groups excluding carboxylic acids is 1. The number of carbonyl (C=O) groups is 1. The zero-order valence-corrected chi connectivity index (χ0v) is 48.0. The van der Waals surface area contributed by atoms with Crippen molar-refractivity contribution in [2.24, 2.45) is 0 Å². The van der Waals surface area contributed by atoms with Gasteiger partial charge >= 0.3 is 0 Å². The van der Waals surface area contributed by atoms with Crippen molar-refractivity contribution in [1.82, 2.24) is 0 Å². The molecule has 2 aromatic rings. The van der Waals surface area contributed by atoms with Gasteiger partial charge in [-0.1, -0.05) is 144 Å². The Bertz CT molecular complexity index is 1720. The minimum absolute atomic E-state index is 0.0253. The molecule has 0 bridgehead atoms. The molecule has 66 heavy (non-hydrogen) atoms. The molecule has 2 fully saturated rings. The minimum Gasteiger partial charge on any atom is -0.411 e. The largest absolute Gasteiger partial charge is 0.411 e. The molecule has 0 radical (unpaired) electrons. The molecule has 8 nitrogen and oxygen atoms in total. The topological polar surface area (TPSA) is 81.7 Å². The fourth-order valence-electron chi connectivity index (χ4n) is 11.1. The van der Waals surface area contributed by atoms with E-state index in [0.717, 1.165) is 49.4 Å². The molecule has 0 aliphatic carbocycles. The van der Waals surface area contributed by atoms with Crippen LogP contribution >= 0.6 is 0 Å². The lowest BCUT2D eigenvalue weighted by Gasteiger charge is -2.57. The standard InChI is InChI=1S/C55H96O8Si3/c1-18-65(19-2,20-3)61-49-34-33-48-54(14,63-53(49,13)36-35-47(56)41-59-64(16,17)52(10,11)12)38-51(58-40-46-30-25-22-26-31-46)55(15,60-48)50(62-66(42(4)5,43(6)7)44(8)9)32-27-37-57-39-45-28-23-21-24-29-45/h21-26,28-31,42-44,48-51H,18-20,27,32-41H2,1-17H3/t48-,49+,50+,51-,53-,54+,55+/m1/s1. The van der Waals surface area contributed by atoms with Gasteiger partial charge in [0, 0.05) is 19.4 Å². The van der Waals surface area contributed by atoms with E-state index in [1.54, 1.807) is 0 Å². The summed E-state index contributed by atoms with van der Waals surface area (Å²) in [6.07, 6.45) is 3.66. The average Bonchev–Trinajstić information content (AvgIpc) is 3.36. The summed E-state index contributed by atoms with van der Waals surface area (Å²) in [5.41, 5.74) is 1.21.